The van der Waals surface area contributed by atoms with Gasteiger partial charge < -0.3 is 15.0 Å². The van der Waals surface area contributed by atoms with E-state index in [1.807, 2.05) is 13.8 Å². The van der Waals surface area contributed by atoms with Crippen molar-refractivity contribution in [2.24, 2.45) is 0 Å². The number of amides is 2. The molecule has 0 saturated carbocycles. The third-order valence-corrected chi connectivity index (χ3v) is 2.22. The van der Waals surface area contributed by atoms with Crippen LogP contribution in [0.2, 0.25) is 0 Å². The predicted molar refractivity (Wildman–Crippen MR) is 86.6 cm³/mol. The molecule has 0 aromatic heterocycles. The highest BCUT2D eigenvalue weighted by Gasteiger charge is 2.26. The van der Waals surface area contributed by atoms with Crippen LogP contribution in [0.5, 0.6) is 0 Å². The van der Waals surface area contributed by atoms with E-state index in [2.05, 4.69) is 10.1 Å². The fourth-order valence-corrected chi connectivity index (χ4v) is 1.14. The first kappa shape index (κ1) is 27.3. The Labute approximate surface area is 142 Å². The van der Waals surface area contributed by atoms with Crippen molar-refractivity contribution in [1.82, 2.24) is 10.2 Å². The molecule has 0 aliphatic carbocycles. The summed E-state index contributed by atoms with van der Waals surface area (Å²) in [5.41, 5.74) is -0.524. The zero-order chi connectivity index (χ0) is 18.7. The zero-order valence-electron chi connectivity index (χ0n) is 14.5. The molecule has 1 heterocycles. The molecule has 0 aromatic rings. The highest BCUT2D eigenvalue weighted by Crippen LogP contribution is 2.13. The van der Waals surface area contributed by atoms with Crippen molar-refractivity contribution in [1.29, 1.82) is 0 Å². The number of nitrogens with zero attached hydrogens (tertiary/aromatic N) is 1. The minimum atomic E-state index is -4.46. The van der Waals surface area contributed by atoms with E-state index in [0.29, 0.717) is 7.11 Å². The number of hydrogen-bond donors (Lipinski definition) is 1. The number of likely N-dealkylation sites (tertiary alicyclic amines) is 1. The van der Waals surface area contributed by atoms with Gasteiger partial charge in [0, 0.05) is 20.2 Å². The van der Waals surface area contributed by atoms with Gasteiger partial charge in [-0.2, -0.15) is 0 Å². The quantitative estimate of drug-likeness (QED) is 0.818. The number of hydrogen-bond acceptors (Lipinski definition) is 4. The Morgan fingerprint density at radius 1 is 1.12 bits per heavy atom. The highest BCUT2D eigenvalue weighted by atomic mass is 19.4. The molecule has 0 spiro atoms. The number of ether oxygens (including phenoxy) is 2. The second-order valence-electron chi connectivity index (χ2n) is 5.24. The van der Waals surface area contributed by atoms with E-state index in [1.165, 1.54) is 0 Å². The molecule has 24 heavy (non-hydrogen) atoms. The van der Waals surface area contributed by atoms with Crippen molar-refractivity contribution >= 4 is 12.0 Å². The van der Waals surface area contributed by atoms with Crippen molar-refractivity contribution in [2.45, 2.75) is 60.4 Å². The second kappa shape index (κ2) is 12.9. The van der Waals surface area contributed by atoms with Gasteiger partial charge in [-0.15, -0.1) is 13.2 Å². The van der Waals surface area contributed by atoms with Gasteiger partial charge in [0.1, 0.15) is 12.1 Å². The second-order valence-corrected chi connectivity index (χ2v) is 5.24. The zero-order valence-corrected chi connectivity index (χ0v) is 14.5. The molecule has 0 bridgehead atoms. The van der Waals surface area contributed by atoms with Crippen LogP contribution in [-0.4, -0.2) is 55.6 Å². The average Bonchev–Trinajstić information content (AvgIpc) is 2.35. The Morgan fingerprint density at radius 3 is 1.79 bits per heavy atom. The van der Waals surface area contributed by atoms with E-state index in [4.69, 9.17) is 4.74 Å². The Kier molecular flexibility index (Phi) is 14.6. The molecule has 1 saturated heterocycles. The molecular weight excluding hydrogens is 329 g/mol. The van der Waals surface area contributed by atoms with Crippen LogP contribution in [0.3, 0.4) is 0 Å². The molecular formula is C15H31F3N2O4. The maximum atomic E-state index is 11.4. The first-order valence-electron chi connectivity index (χ1n) is 7.31. The summed E-state index contributed by atoms with van der Waals surface area (Å²) < 4.78 is 39.6. The fourth-order valence-electron chi connectivity index (χ4n) is 1.14. The number of methoxy groups -OCH3 is 1. The third kappa shape index (κ3) is 16.9. The van der Waals surface area contributed by atoms with Crippen molar-refractivity contribution < 1.29 is 32.2 Å². The highest BCUT2D eigenvalue weighted by molar-refractivity contribution is 5.82. The SMILES string of the molecule is C.CC.CC(C)(C)OC(=O)NCC(=O)N1CCC1.COC(F)(F)F. The number of carbonyl (C=O) groups excluding carboxylic acids is 2. The molecule has 1 rings (SSSR count). The molecule has 0 radical (unpaired) electrons. The lowest BCUT2D eigenvalue weighted by Crippen LogP contribution is -2.47. The Balaban J connectivity index is -0.000000418. The van der Waals surface area contributed by atoms with Crippen LogP contribution < -0.4 is 5.32 Å². The molecule has 6 nitrogen and oxygen atoms in total. The van der Waals surface area contributed by atoms with Crippen LogP contribution in [0.4, 0.5) is 18.0 Å². The van der Waals surface area contributed by atoms with Gasteiger partial charge in [-0.1, -0.05) is 21.3 Å². The molecule has 0 aromatic carbocycles. The average molecular weight is 360 g/mol. The number of carbonyl (C=O) groups is 2. The molecule has 0 atom stereocenters. The Hall–Kier alpha value is -1.51. The molecule has 9 heteroatoms. The van der Waals surface area contributed by atoms with Crippen LogP contribution in [0, 0.1) is 0 Å². The molecule has 0 unspecified atom stereocenters. The van der Waals surface area contributed by atoms with Gasteiger partial charge in [-0.3, -0.25) is 9.53 Å². The van der Waals surface area contributed by atoms with Gasteiger partial charge >= 0.3 is 12.5 Å². The number of nitrogens with one attached hydrogen (secondary N) is 1. The van der Waals surface area contributed by atoms with E-state index < -0.39 is 18.1 Å². The Bertz CT molecular complexity index is 352. The van der Waals surface area contributed by atoms with E-state index in [9.17, 15) is 22.8 Å². The van der Waals surface area contributed by atoms with Gasteiger partial charge in [-0.05, 0) is 27.2 Å². The molecule has 1 aliphatic rings. The van der Waals surface area contributed by atoms with E-state index in [1.54, 1.807) is 25.7 Å². The molecule has 1 fully saturated rings. The first-order chi connectivity index (χ1) is 10.4. The maximum Gasteiger partial charge on any atom is 0.522 e. The van der Waals surface area contributed by atoms with Gasteiger partial charge in [0.05, 0.1) is 0 Å². The number of alkyl carbamates (subject to hydrolysis) is 1. The van der Waals surface area contributed by atoms with Crippen LogP contribution in [-0.2, 0) is 14.3 Å². The summed E-state index contributed by atoms with van der Waals surface area (Å²) in [5.74, 6) is -0.0490. The minimum absolute atomic E-state index is 0. The summed E-state index contributed by atoms with van der Waals surface area (Å²) in [7, 11) is 0.583. The monoisotopic (exact) mass is 360 g/mol. The lowest BCUT2D eigenvalue weighted by atomic mass is 10.2. The summed E-state index contributed by atoms with van der Waals surface area (Å²) in [6.07, 6.45) is -3.95. The summed E-state index contributed by atoms with van der Waals surface area (Å²) in [5, 5.41) is 2.44. The van der Waals surface area contributed by atoms with Crippen LogP contribution >= 0.6 is 0 Å². The molecule has 2 amide bonds. The van der Waals surface area contributed by atoms with Gasteiger partial charge in [0.2, 0.25) is 5.91 Å². The summed E-state index contributed by atoms with van der Waals surface area (Å²) in [4.78, 5) is 24.2. The van der Waals surface area contributed by atoms with Crippen molar-refractivity contribution in [3.05, 3.63) is 0 Å². The summed E-state index contributed by atoms with van der Waals surface area (Å²) in [6.45, 7) is 11.0. The Morgan fingerprint density at radius 2 is 1.54 bits per heavy atom. The van der Waals surface area contributed by atoms with E-state index in [-0.39, 0.29) is 19.9 Å². The number of halogens is 3. The number of rotatable bonds is 2. The topological polar surface area (TPSA) is 67.9 Å². The largest absolute Gasteiger partial charge is 0.522 e. The predicted octanol–water partition coefficient (Wildman–Crippen LogP) is 3.56. The summed E-state index contributed by atoms with van der Waals surface area (Å²) in [6, 6.07) is 0. The fraction of sp³-hybridized carbons (Fsp3) is 0.867. The smallest absolute Gasteiger partial charge is 0.444 e. The third-order valence-electron chi connectivity index (χ3n) is 2.22. The molecule has 146 valence electrons. The van der Waals surface area contributed by atoms with Crippen molar-refractivity contribution in [3.8, 4) is 0 Å². The summed E-state index contributed by atoms with van der Waals surface area (Å²) >= 11 is 0. The van der Waals surface area contributed by atoms with Gasteiger partial charge in [0.15, 0.2) is 0 Å². The lowest BCUT2D eigenvalue weighted by Gasteiger charge is -2.31. The van der Waals surface area contributed by atoms with E-state index >= 15 is 0 Å². The maximum absolute atomic E-state index is 11.4. The van der Waals surface area contributed by atoms with Crippen LogP contribution in [0.1, 0.15) is 48.5 Å². The first-order valence-corrected chi connectivity index (χ1v) is 7.31. The van der Waals surface area contributed by atoms with E-state index in [0.717, 1.165) is 19.5 Å². The van der Waals surface area contributed by atoms with Crippen LogP contribution in [0.25, 0.3) is 0 Å². The van der Waals surface area contributed by atoms with Gasteiger partial charge in [0.25, 0.3) is 0 Å². The number of alkyl halides is 3. The lowest BCUT2D eigenvalue weighted by molar-refractivity contribution is -0.311. The van der Waals surface area contributed by atoms with Crippen molar-refractivity contribution in [3.63, 3.8) is 0 Å². The standard InChI is InChI=1S/C10H18N2O3.C2H3F3O.C2H6.CH4/c1-10(2,3)15-9(14)11-7-8(13)12-5-4-6-12;1-6-2(3,4)5;1-2;/h4-7H2,1-3H3,(H,11,14);1H3;1-2H3;1H4. The normalized spacial score (nSPS) is 13.0. The van der Waals surface area contributed by atoms with Gasteiger partial charge in [-0.25, -0.2) is 4.79 Å². The minimum Gasteiger partial charge on any atom is -0.444 e. The molecule has 1 N–H and O–H groups in total. The van der Waals surface area contributed by atoms with Crippen LogP contribution in [0.15, 0.2) is 0 Å². The molecule has 1 aliphatic heterocycles. The van der Waals surface area contributed by atoms with Crippen molar-refractivity contribution in [2.75, 3.05) is 26.7 Å².